The second-order valence-corrected chi connectivity index (χ2v) is 5.12. The van der Waals surface area contributed by atoms with E-state index in [2.05, 4.69) is 20.3 Å². The van der Waals surface area contributed by atoms with Crippen LogP contribution in [0.2, 0.25) is 0 Å². The molecule has 0 aromatic carbocycles. The van der Waals surface area contributed by atoms with E-state index in [-0.39, 0.29) is 0 Å². The maximum absolute atomic E-state index is 5.65. The molecule has 102 valence electrons. The highest BCUT2D eigenvalue weighted by Gasteiger charge is 2.12. The summed E-state index contributed by atoms with van der Waals surface area (Å²) in [6.45, 7) is 3.06. The molecule has 3 heterocycles. The van der Waals surface area contributed by atoms with Gasteiger partial charge in [-0.25, -0.2) is 4.98 Å². The molecule has 1 atom stereocenters. The van der Waals surface area contributed by atoms with E-state index in [4.69, 9.17) is 4.74 Å². The fraction of sp³-hybridized carbons (Fsp3) is 0.571. The Morgan fingerprint density at radius 1 is 1.42 bits per heavy atom. The third-order valence-electron chi connectivity index (χ3n) is 3.63. The summed E-state index contributed by atoms with van der Waals surface area (Å²) in [6.07, 6.45) is 6.70. The van der Waals surface area contributed by atoms with Gasteiger partial charge in [-0.2, -0.15) is 4.98 Å². The smallest absolute Gasteiger partial charge is 0.296 e. The van der Waals surface area contributed by atoms with E-state index in [0.29, 0.717) is 11.7 Å². The van der Waals surface area contributed by atoms with Crippen LogP contribution in [0, 0.1) is 5.92 Å². The van der Waals surface area contributed by atoms with Gasteiger partial charge in [0.1, 0.15) is 0 Å². The molecule has 2 N–H and O–H groups in total. The lowest BCUT2D eigenvalue weighted by Crippen LogP contribution is -2.29. The number of piperidine rings is 1. The molecule has 1 aliphatic rings. The number of hydrogen-bond donors (Lipinski definition) is 2. The first-order chi connectivity index (χ1) is 9.42. The molecule has 0 amide bonds. The van der Waals surface area contributed by atoms with Gasteiger partial charge in [-0.1, -0.05) is 0 Å². The van der Waals surface area contributed by atoms with Crippen LogP contribution in [0.15, 0.2) is 18.3 Å². The maximum atomic E-state index is 5.65. The summed E-state index contributed by atoms with van der Waals surface area (Å²) in [6, 6.07) is 4.42. The summed E-state index contributed by atoms with van der Waals surface area (Å²) in [5.74, 6) is 0.815. The van der Waals surface area contributed by atoms with Gasteiger partial charge in [0.25, 0.3) is 6.01 Å². The minimum atomic E-state index is 0.579. The zero-order valence-corrected chi connectivity index (χ0v) is 11.1. The van der Waals surface area contributed by atoms with Crippen LogP contribution in [-0.4, -0.2) is 34.6 Å². The van der Waals surface area contributed by atoms with E-state index < -0.39 is 0 Å². The molecule has 19 heavy (non-hydrogen) atoms. The summed E-state index contributed by atoms with van der Waals surface area (Å²) in [5, 5.41) is 3.44. The third kappa shape index (κ3) is 3.23. The number of fused-ring (bicyclic) bond motifs is 1. The molecule has 1 fully saturated rings. The van der Waals surface area contributed by atoms with Crippen LogP contribution in [0.25, 0.3) is 11.2 Å². The Hall–Kier alpha value is -1.62. The highest BCUT2D eigenvalue weighted by atomic mass is 16.5. The Bertz CT molecular complexity index is 486. The second-order valence-electron chi connectivity index (χ2n) is 5.12. The molecule has 1 saturated heterocycles. The van der Waals surface area contributed by atoms with Crippen molar-refractivity contribution in [3.05, 3.63) is 18.3 Å². The molecule has 0 saturated carbocycles. The van der Waals surface area contributed by atoms with Crippen LogP contribution in [0.4, 0.5) is 0 Å². The summed E-state index contributed by atoms with van der Waals surface area (Å²) in [5.41, 5.74) is 1.64. The topological polar surface area (TPSA) is 62.8 Å². The van der Waals surface area contributed by atoms with Crippen molar-refractivity contribution in [1.82, 2.24) is 20.3 Å². The van der Waals surface area contributed by atoms with Crippen molar-refractivity contribution in [3.8, 4) is 6.01 Å². The van der Waals surface area contributed by atoms with Crippen molar-refractivity contribution in [2.75, 3.05) is 19.7 Å². The van der Waals surface area contributed by atoms with Crippen LogP contribution in [0.3, 0.4) is 0 Å². The number of nitrogens with one attached hydrogen (secondary N) is 2. The Morgan fingerprint density at radius 2 is 2.42 bits per heavy atom. The highest BCUT2D eigenvalue weighted by Crippen LogP contribution is 2.17. The van der Waals surface area contributed by atoms with E-state index in [1.807, 2.05) is 12.1 Å². The predicted molar refractivity (Wildman–Crippen MR) is 74.2 cm³/mol. The molecular formula is C14H20N4O. The van der Waals surface area contributed by atoms with Crippen LogP contribution >= 0.6 is 0 Å². The quantitative estimate of drug-likeness (QED) is 0.808. The Morgan fingerprint density at radius 3 is 3.26 bits per heavy atom. The van der Waals surface area contributed by atoms with Gasteiger partial charge >= 0.3 is 0 Å². The van der Waals surface area contributed by atoms with Crippen LogP contribution in [0.5, 0.6) is 6.01 Å². The first-order valence-electron chi connectivity index (χ1n) is 7.06. The minimum absolute atomic E-state index is 0.579. The van der Waals surface area contributed by atoms with Gasteiger partial charge in [0, 0.05) is 6.20 Å². The normalized spacial score (nSPS) is 19.7. The van der Waals surface area contributed by atoms with Crippen LogP contribution in [0.1, 0.15) is 25.7 Å². The fourth-order valence-electron chi connectivity index (χ4n) is 2.60. The highest BCUT2D eigenvalue weighted by molar-refractivity contribution is 5.70. The number of H-pyrrole nitrogens is 1. The first kappa shape index (κ1) is 12.4. The second kappa shape index (κ2) is 6.02. The van der Waals surface area contributed by atoms with Crippen molar-refractivity contribution >= 4 is 11.2 Å². The first-order valence-corrected chi connectivity index (χ1v) is 7.06. The van der Waals surface area contributed by atoms with Crippen molar-refractivity contribution in [3.63, 3.8) is 0 Å². The molecule has 5 heteroatoms. The SMILES string of the molecule is c1cnc2nc(OCCCC3CCCNC3)[nH]c2c1. The molecule has 0 spiro atoms. The standard InChI is InChI=1S/C14H20N4O/c1-4-11(10-15-7-1)5-3-9-19-14-17-12-6-2-8-16-13(12)18-14/h2,6,8,11,15H,1,3-5,7,9-10H2,(H,16,17,18). The molecule has 0 bridgehead atoms. The van der Waals surface area contributed by atoms with Gasteiger partial charge in [-0.15, -0.1) is 0 Å². The van der Waals surface area contributed by atoms with E-state index in [9.17, 15) is 0 Å². The Balaban J connectivity index is 1.44. The van der Waals surface area contributed by atoms with E-state index in [0.717, 1.165) is 31.0 Å². The van der Waals surface area contributed by atoms with Gasteiger partial charge < -0.3 is 15.0 Å². The number of hydrogen-bond acceptors (Lipinski definition) is 4. The lowest BCUT2D eigenvalue weighted by atomic mass is 9.95. The molecule has 0 radical (unpaired) electrons. The predicted octanol–water partition coefficient (Wildman–Crippen LogP) is 2.12. The number of aromatic amines is 1. The summed E-state index contributed by atoms with van der Waals surface area (Å²) in [7, 11) is 0. The van der Waals surface area contributed by atoms with Crippen molar-refractivity contribution in [2.24, 2.45) is 5.92 Å². The lowest BCUT2D eigenvalue weighted by Gasteiger charge is -2.22. The van der Waals surface area contributed by atoms with Crippen molar-refractivity contribution < 1.29 is 4.74 Å². The number of nitrogens with zero attached hydrogens (tertiary/aromatic N) is 2. The average molecular weight is 260 g/mol. The minimum Gasteiger partial charge on any atom is -0.465 e. The van der Waals surface area contributed by atoms with Gasteiger partial charge in [0.15, 0.2) is 5.65 Å². The fourth-order valence-corrected chi connectivity index (χ4v) is 2.60. The van der Waals surface area contributed by atoms with E-state index in [1.165, 1.54) is 25.8 Å². The van der Waals surface area contributed by atoms with E-state index >= 15 is 0 Å². The van der Waals surface area contributed by atoms with Crippen LogP contribution < -0.4 is 10.1 Å². The number of rotatable bonds is 5. The zero-order chi connectivity index (χ0) is 12.9. The molecule has 2 aromatic heterocycles. The van der Waals surface area contributed by atoms with E-state index in [1.54, 1.807) is 6.20 Å². The maximum Gasteiger partial charge on any atom is 0.296 e. The molecule has 2 aromatic rings. The summed E-state index contributed by atoms with van der Waals surface area (Å²) >= 11 is 0. The summed E-state index contributed by atoms with van der Waals surface area (Å²) in [4.78, 5) is 11.6. The Labute approximate surface area is 112 Å². The largest absolute Gasteiger partial charge is 0.465 e. The Kier molecular flexibility index (Phi) is 3.93. The monoisotopic (exact) mass is 260 g/mol. The molecular weight excluding hydrogens is 240 g/mol. The van der Waals surface area contributed by atoms with Gasteiger partial charge in [-0.3, -0.25) is 0 Å². The lowest BCUT2D eigenvalue weighted by molar-refractivity contribution is 0.262. The molecule has 3 rings (SSSR count). The zero-order valence-electron chi connectivity index (χ0n) is 11.1. The van der Waals surface area contributed by atoms with Crippen molar-refractivity contribution in [2.45, 2.75) is 25.7 Å². The molecule has 1 aliphatic heterocycles. The van der Waals surface area contributed by atoms with Gasteiger partial charge in [0.05, 0.1) is 12.1 Å². The van der Waals surface area contributed by atoms with Gasteiger partial charge in [-0.05, 0) is 56.8 Å². The van der Waals surface area contributed by atoms with Crippen molar-refractivity contribution in [1.29, 1.82) is 0 Å². The number of ether oxygens (including phenoxy) is 1. The third-order valence-corrected chi connectivity index (χ3v) is 3.63. The van der Waals surface area contributed by atoms with Gasteiger partial charge in [0.2, 0.25) is 0 Å². The molecule has 1 unspecified atom stereocenters. The van der Waals surface area contributed by atoms with Crippen LogP contribution in [-0.2, 0) is 0 Å². The number of imidazole rings is 1. The number of pyridine rings is 1. The average Bonchev–Trinajstić information content (AvgIpc) is 2.87. The number of aromatic nitrogens is 3. The molecule has 5 nitrogen and oxygen atoms in total. The summed E-state index contributed by atoms with van der Waals surface area (Å²) < 4.78 is 5.65. The molecule has 0 aliphatic carbocycles.